The van der Waals surface area contributed by atoms with Crippen LogP contribution in [0.3, 0.4) is 0 Å². The van der Waals surface area contributed by atoms with Gasteiger partial charge in [0.2, 0.25) is 0 Å². The van der Waals surface area contributed by atoms with Crippen molar-refractivity contribution in [2.45, 2.75) is 13.8 Å². The van der Waals surface area contributed by atoms with Gasteiger partial charge >= 0.3 is 0 Å². The first-order valence-corrected chi connectivity index (χ1v) is 4.39. The quantitative estimate of drug-likeness (QED) is 0.603. The minimum absolute atomic E-state index is 0.238. The van der Waals surface area contributed by atoms with E-state index in [1.807, 2.05) is 0 Å². The summed E-state index contributed by atoms with van der Waals surface area (Å²) in [7, 11) is -3.99. The molecule has 0 aromatic rings. The van der Waals surface area contributed by atoms with Gasteiger partial charge in [-0.05, 0) is 6.92 Å². The van der Waals surface area contributed by atoms with Crippen LogP contribution in [0.25, 0.3) is 0 Å². The summed E-state index contributed by atoms with van der Waals surface area (Å²) in [5, 5.41) is 0. The fraction of sp³-hybridized carbons (Fsp3) is 0.800. The van der Waals surface area contributed by atoms with Crippen LogP contribution in [-0.2, 0) is 14.9 Å². The Hall–Kier alpha value is -0.420. The molecule has 5 heteroatoms. The average Bonchev–Trinajstić information content (AvgIpc) is 1.60. The van der Waals surface area contributed by atoms with E-state index in [4.69, 9.17) is 4.55 Å². The molecule has 1 N–H and O–H groups in total. The molecule has 1 unspecified atom stereocenters. The smallest absolute Gasteiger partial charge is 0.265 e. The Balaban J connectivity index is 4.06. The largest absolute Gasteiger partial charge is 0.300 e. The third-order valence-electron chi connectivity index (χ3n) is 1.15. The molecule has 0 spiro atoms. The van der Waals surface area contributed by atoms with Crippen LogP contribution < -0.4 is 0 Å². The molecule has 60 valence electrons. The molecule has 0 rings (SSSR count). The Morgan fingerprint density at radius 3 is 2.10 bits per heavy atom. The van der Waals surface area contributed by atoms with Gasteiger partial charge in [0.05, 0.1) is 5.75 Å². The van der Waals surface area contributed by atoms with Crippen molar-refractivity contribution in [3.05, 3.63) is 0 Å². The fourth-order valence-electron chi connectivity index (χ4n) is 0.433. The van der Waals surface area contributed by atoms with Crippen LogP contribution in [0.5, 0.6) is 0 Å². The first-order chi connectivity index (χ1) is 4.33. The zero-order valence-corrected chi connectivity index (χ0v) is 6.68. The molecular weight excluding hydrogens is 156 g/mol. The van der Waals surface area contributed by atoms with Gasteiger partial charge in [-0.3, -0.25) is 9.35 Å². The van der Waals surface area contributed by atoms with Gasteiger partial charge < -0.3 is 0 Å². The van der Waals surface area contributed by atoms with Crippen molar-refractivity contribution in [2.24, 2.45) is 5.92 Å². The van der Waals surface area contributed by atoms with Gasteiger partial charge in [-0.2, -0.15) is 8.42 Å². The average molecular weight is 166 g/mol. The maximum Gasteiger partial charge on any atom is 0.265 e. The Morgan fingerprint density at radius 2 is 2.00 bits per heavy atom. The highest BCUT2D eigenvalue weighted by molar-refractivity contribution is 7.85. The van der Waals surface area contributed by atoms with Crippen LogP contribution >= 0.6 is 0 Å². The van der Waals surface area contributed by atoms with E-state index in [1.54, 1.807) is 0 Å². The lowest BCUT2D eigenvalue weighted by atomic mass is 10.1. The van der Waals surface area contributed by atoms with Gasteiger partial charge in [0.1, 0.15) is 5.78 Å². The van der Waals surface area contributed by atoms with E-state index in [2.05, 4.69) is 0 Å². The van der Waals surface area contributed by atoms with Crippen LogP contribution in [-0.4, -0.2) is 24.5 Å². The second kappa shape index (κ2) is 3.12. The molecule has 4 nitrogen and oxygen atoms in total. The van der Waals surface area contributed by atoms with Crippen LogP contribution in [0.4, 0.5) is 0 Å². The lowest BCUT2D eigenvalue weighted by Gasteiger charge is -2.02. The second-order valence-electron chi connectivity index (χ2n) is 2.26. The molecule has 0 aliphatic carbocycles. The number of carbonyl (C=O) groups excluding carboxylic acids is 1. The molecule has 0 aromatic carbocycles. The minimum Gasteiger partial charge on any atom is -0.300 e. The summed E-state index contributed by atoms with van der Waals surface area (Å²) < 4.78 is 28.6. The summed E-state index contributed by atoms with van der Waals surface area (Å²) in [6, 6.07) is 0. The van der Waals surface area contributed by atoms with Crippen molar-refractivity contribution in [2.75, 3.05) is 5.75 Å². The van der Waals surface area contributed by atoms with Gasteiger partial charge in [-0.25, -0.2) is 0 Å². The van der Waals surface area contributed by atoms with Gasteiger partial charge in [-0.1, -0.05) is 6.92 Å². The van der Waals surface area contributed by atoms with Crippen LogP contribution in [0, 0.1) is 5.92 Å². The molecule has 0 bridgehead atoms. The van der Waals surface area contributed by atoms with E-state index >= 15 is 0 Å². The van der Waals surface area contributed by atoms with Crippen molar-refractivity contribution in [1.82, 2.24) is 0 Å². The Labute approximate surface area is 60.0 Å². The lowest BCUT2D eigenvalue weighted by Crippen LogP contribution is -2.18. The second-order valence-corrected chi connectivity index (χ2v) is 3.76. The van der Waals surface area contributed by atoms with Crippen molar-refractivity contribution in [3.8, 4) is 0 Å². The van der Waals surface area contributed by atoms with E-state index in [1.165, 1.54) is 13.8 Å². The Kier molecular flexibility index (Phi) is 2.98. The minimum atomic E-state index is -3.99. The summed E-state index contributed by atoms with van der Waals surface area (Å²) in [4.78, 5) is 10.4. The Bertz CT molecular complexity index is 216. The standard InChI is InChI=1S/C5H10O4S/c1-4(5(2)6)3-10(7,8)9/h4H,3H2,1-2H3,(H,7,8,9). The zero-order valence-electron chi connectivity index (χ0n) is 5.86. The first-order valence-electron chi connectivity index (χ1n) is 2.78. The molecule has 0 aliphatic rings. The third-order valence-corrected chi connectivity index (χ3v) is 2.08. The highest BCUT2D eigenvalue weighted by atomic mass is 32.2. The number of rotatable bonds is 3. The maximum absolute atomic E-state index is 10.4. The molecule has 10 heavy (non-hydrogen) atoms. The number of ketones is 1. The van der Waals surface area contributed by atoms with Crippen molar-refractivity contribution in [3.63, 3.8) is 0 Å². The molecule has 1 atom stereocenters. The highest BCUT2D eigenvalue weighted by Crippen LogP contribution is 1.99. The number of carbonyl (C=O) groups is 1. The molecule has 0 aliphatic heterocycles. The lowest BCUT2D eigenvalue weighted by molar-refractivity contribution is -0.119. The third kappa shape index (κ3) is 4.46. The zero-order chi connectivity index (χ0) is 8.36. The molecular formula is C5H10O4S. The molecule has 0 radical (unpaired) electrons. The van der Waals surface area contributed by atoms with E-state index in [9.17, 15) is 13.2 Å². The maximum atomic E-state index is 10.4. The van der Waals surface area contributed by atoms with Crippen LogP contribution in [0.15, 0.2) is 0 Å². The molecule has 0 saturated heterocycles. The van der Waals surface area contributed by atoms with Crippen LogP contribution in [0.2, 0.25) is 0 Å². The molecule has 0 heterocycles. The van der Waals surface area contributed by atoms with Crippen LogP contribution in [0.1, 0.15) is 13.8 Å². The van der Waals surface area contributed by atoms with Gasteiger partial charge in [0, 0.05) is 5.92 Å². The van der Waals surface area contributed by atoms with E-state index < -0.39 is 21.8 Å². The predicted octanol–water partition coefficient (Wildman–Crippen LogP) is 0.0993. The summed E-state index contributed by atoms with van der Waals surface area (Å²) in [6.07, 6.45) is 0. The van der Waals surface area contributed by atoms with Crippen molar-refractivity contribution in [1.29, 1.82) is 0 Å². The molecule has 0 saturated carbocycles. The van der Waals surface area contributed by atoms with Crippen molar-refractivity contribution >= 4 is 15.9 Å². The summed E-state index contributed by atoms with van der Waals surface area (Å²) in [5.74, 6) is -1.34. The van der Waals surface area contributed by atoms with E-state index in [0.29, 0.717) is 0 Å². The molecule has 0 aromatic heterocycles. The van der Waals surface area contributed by atoms with Gasteiger partial charge in [-0.15, -0.1) is 0 Å². The predicted molar refractivity (Wildman–Crippen MR) is 36.3 cm³/mol. The monoisotopic (exact) mass is 166 g/mol. The summed E-state index contributed by atoms with van der Waals surface area (Å²) >= 11 is 0. The van der Waals surface area contributed by atoms with Crippen molar-refractivity contribution < 1.29 is 17.8 Å². The molecule has 0 amide bonds. The Morgan fingerprint density at radius 1 is 1.60 bits per heavy atom. The highest BCUT2D eigenvalue weighted by Gasteiger charge is 2.15. The number of hydrogen-bond acceptors (Lipinski definition) is 3. The number of hydrogen-bond donors (Lipinski definition) is 1. The van der Waals surface area contributed by atoms with Gasteiger partial charge in [0.25, 0.3) is 10.1 Å². The topological polar surface area (TPSA) is 71.4 Å². The first kappa shape index (κ1) is 9.58. The fourth-order valence-corrected chi connectivity index (χ4v) is 1.30. The van der Waals surface area contributed by atoms with E-state index in [0.717, 1.165) is 0 Å². The van der Waals surface area contributed by atoms with Gasteiger partial charge in [0.15, 0.2) is 0 Å². The SMILES string of the molecule is CC(=O)C(C)CS(=O)(=O)O. The summed E-state index contributed by atoms with van der Waals surface area (Å²) in [6.45, 7) is 2.74. The number of Topliss-reactive ketones (excluding diaryl/α,β-unsaturated/α-hetero) is 1. The molecule has 0 fully saturated rings. The van der Waals surface area contributed by atoms with E-state index in [-0.39, 0.29) is 5.78 Å². The normalized spacial score (nSPS) is 14.7. The summed E-state index contributed by atoms with van der Waals surface area (Å²) in [5.41, 5.74) is 0.